The van der Waals surface area contributed by atoms with E-state index >= 15 is 0 Å². The molecular formula is C8H17N3. The summed E-state index contributed by atoms with van der Waals surface area (Å²) in [7, 11) is 3.93. The number of nitrogens with one attached hydrogen (secondary N) is 1. The van der Waals surface area contributed by atoms with E-state index in [0.717, 1.165) is 13.1 Å². The molecular weight excluding hydrogens is 138 g/mol. The van der Waals surface area contributed by atoms with E-state index in [0.29, 0.717) is 0 Å². The van der Waals surface area contributed by atoms with E-state index in [2.05, 4.69) is 11.4 Å². The van der Waals surface area contributed by atoms with Crippen LogP contribution in [0.5, 0.6) is 0 Å². The van der Waals surface area contributed by atoms with E-state index in [9.17, 15) is 0 Å². The van der Waals surface area contributed by atoms with Crippen molar-refractivity contribution in [2.45, 2.75) is 19.4 Å². The molecule has 11 heavy (non-hydrogen) atoms. The second-order valence-electron chi connectivity index (χ2n) is 3.21. The Bertz CT molecular complexity index is 148. The highest BCUT2D eigenvalue weighted by Gasteiger charge is 2.22. The molecule has 0 heterocycles. The maximum atomic E-state index is 8.83. The lowest BCUT2D eigenvalue weighted by Gasteiger charge is -2.25. The van der Waals surface area contributed by atoms with E-state index in [-0.39, 0.29) is 0 Å². The number of hydrogen-bond donors (Lipinski definition) is 1. The maximum Gasteiger partial charge on any atom is 0.116 e. The predicted molar refractivity (Wildman–Crippen MR) is 46.2 cm³/mol. The Hall–Kier alpha value is -0.590. The van der Waals surface area contributed by atoms with Crippen molar-refractivity contribution in [3.8, 4) is 6.07 Å². The predicted octanol–water partition coefficient (Wildman–Crippen LogP) is 0.440. The van der Waals surface area contributed by atoms with Crippen LogP contribution in [0.1, 0.15) is 13.8 Å². The third-order valence-corrected chi connectivity index (χ3v) is 1.45. The molecule has 0 bridgehead atoms. The van der Waals surface area contributed by atoms with Crippen molar-refractivity contribution in [3.05, 3.63) is 0 Å². The quantitative estimate of drug-likeness (QED) is 0.640. The van der Waals surface area contributed by atoms with Gasteiger partial charge in [-0.15, -0.1) is 0 Å². The molecule has 0 saturated carbocycles. The topological polar surface area (TPSA) is 39.1 Å². The van der Waals surface area contributed by atoms with Crippen LogP contribution in [0, 0.1) is 11.3 Å². The largest absolute Gasteiger partial charge is 0.307 e. The molecule has 0 amide bonds. The molecule has 0 aromatic heterocycles. The fourth-order valence-electron chi connectivity index (χ4n) is 1.15. The Balaban J connectivity index is 4.02. The van der Waals surface area contributed by atoms with Gasteiger partial charge in [0.1, 0.15) is 5.54 Å². The van der Waals surface area contributed by atoms with Crippen LogP contribution in [-0.2, 0) is 0 Å². The summed E-state index contributed by atoms with van der Waals surface area (Å²) in [6.45, 7) is 5.50. The third kappa shape index (κ3) is 3.97. The van der Waals surface area contributed by atoms with Crippen molar-refractivity contribution < 1.29 is 0 Å². The molecule has 64 valence electrons. The second-order valence-corrected chi connectivity index (χ2v) is 3.21. The first-order chi connectivity index (χ1) is 5.04. The molecule has 0 spiro atoms. The van der Waals surface area contributed by atoms with Crippen molar-refractivity contribution in [3.63, 3.8) is 0 Å². The molecule has 3 heteroatoms. The van der Waals surface area contributed by atoms with E-state index in [4.69, 9.17) is 5.26 Å². The van der Waals surface area contributed by atoms with Gasteiger partial charge >= 0.3 is 0 Å². The van der Waals surface area contributed by atoms with Crippen LogP contribution in [0.15, 0.2) is 0 Å². The molecule has 0 rings (SSSR count). The smallest absolute Gasteiger partial charge is 0.116 e. The van der Waals surface area contributed by atoms with Crippen LogP contribution in [0.25, 0.3) is 0 Å². The van der Waals surface area contributed by atoms with Gasteiger partial charge in [-0.3, -0.25) is 5.32 Å². The monoisotopic (exact) mass is 155 g/mol. The molecule has 0 aromatic carbocycles. The molecule has 1 N–H and O–H groups in total. The zero-order valence-corrected chi connectivity index (χ0v) is 7.81. The van der Waals surface area contributed by atoms with Crippen molar-refractivity contribution >= 4 is 0 Å². The SMILES string of the molecule is CCNC(C)(C#N)CN(C)C. The Morgan fingerprint density at radius 2 is 2.09 bits per heavy atom. The lowest BCUT2D eigenvalue weighted by atomic mass is 10.0. The Labute approximate surface area is 69.0 Å². The minimum atomic E-state index is -0.405. The highest BCUT2D eigenvalue weighted by molar-refractivity contribution is 5.04. The number of rotatable bonds is 4. The number of nitrogens with zero attached hydrogens (tertiary/aromatic N) is 2. The molecule has 3 nitrogen and oxygen atoms in total. The van der Waals surface area contributed by atoms with E-state index in [1.54, 1.807) is 0 Å². The minimum Gasteiger partial charge on any atom is -0.307 e. The molecule has 1 atom stereocenters. The molecule has 0 fully saturated rings. The lowest BCUT2D eigenvalue weighted by molar-refractivity contribution is 0.305. The van der Waals surface area contributed by atoms with Gasteiger partial charge < -0.3 is 4.90 Å². The standard InChI is InChI=1S/C8H17N3/c1-5-10-8(2,6-9)7-11(3)4/h10H,5,7H2,1-4H3. The first-order valence-electron chi connectivity index (χ1n) is 3.85. The van der Waals surface area contributed by atoms with Gasteiger partial charge in [-0.1, -0.05) is 6.92 Å². The molecule has 0 saturated heterocycles. The zero-order chi connectivity index (χ0) is 8.91. The fourth-order valence-corrected chi connectivity index (χ4v) is 1.15. The van der Waals surface area contributed by atoms with E-state index in [1.807, 2.05) is 32.8 Å². The molecule has 0 radical (unpaired) electrons. The van der Waals surface area contributed by atoms with Crippen molar-refractivity contribution in [1.29, 1.82) is 5.26 Å². The molecule has 0 aromatic rings. The zero-order valence-electron chi connectivity index (χ0n) is 7.81. The van der Waals surface area contributed by atoms with Crippen molar-refractivity contribution in [2.75, 3.05) is 27.2 Å². The first-order valence-corrected chi connectivity index (χ1v) is 3.85. The summed E-state index contributed by atoms with van der Waals surface area (Å²) in [5, 5.41) is 12.0. The second kappa shape index (κ2) is 4.32. The van der Waals surface area contributed by atoms with Gasteiger partial charge in [0.2, 0.25) is 0 Å². The summed E-state index contributed by atoms with van der Waals surface area (Å²) in [5.41, 5.74) is -0.405. The van der Waals surface area contributed by atoms with Crippen LogP contribution in [0.3, 0.4) is 0 Å². The van der Waals surface area contributed by atoms with Crippen LogP contribution >= 0.6 is 0 Å². The summed E-state index contributed by atoms with van der Waals surface area (Å²) in [6.07, 6.45) is 0. The first kappa shape index (κ1) is 10.4. The molecule has 0 aliphatic carbocycles. The average molecular weight is 155 g/mol. The van der Waals surface area contributed by atoms with Crippen LogP contribution in [0.4, 0.5) is 0 Å². The van der Waals surface area contributed by atoms with Gasteiger partial charge in [0.25, 0.3) is 0 Å². The number of hydrogen-bond acceptors (Lipinski definition) is 3. The minimum absolute atomic E-state index is 0.405. The van der Waals surface area contributed by atoms with Gasteiger partial charge in [-0.05, 0) is 27.6 Å². The van der Waals surface area contributed by atoms with Gasteiger partial charge in [-0.25, -0.2) is 0 Å². The third-order valence-electron chi connectivity index (χ3n) is 1.45. The number of nitriles is 1. The molecule has 0 aliphatic heterocycles. The highest BCUT2D eigenvalue weighted by Crippen LogP contribution is 2.01. The summed E-state index contributed by atoms with van der Waals surface area (Å²) in [5.74, 6) is 0. The van der Waals surface area contributed by atoms with E-state index in [1.165, 1.54) is 0 Å². The average Bonchev–Trinajstić information content (AvgIpc) is 1.87. The maximum absolute atomic E-state index is 8.83. The van der Waals surface area contributed by atoms with Gasteiger partial charge in [0.15, 0.2) is 0 Å². The summed E-state index contributed by atoms with van der Waals surface area (Å²) >= 11 is 0. The summed E-state index contributed by atoms with van der Waals surface area (Å²) in [4.78, 5) is 2.01. The fraction of sp³-hybridized carbons (Fsp3) is 0.875. The van der Waals surface area contributed by atoms with Gasteiger partial charge in [-0.2, -0.15) is 5.26 Å². The summed E-state index contributed by atoms with van der Waals surface area (Å²) in [6, 6.07) is 2.26. The summed E-state index contributed by atoms with van der Waals surface area (Å²) < 4.78 is 0. The van der Waals surface area contributed by atoms with Gasteiger partial charge in [0.05, 0.1) is 6.07 Å². The Morgan fingerprint density at radius 3 is 2.36 bits per heavy atom. The van der Waals surface area contributed by atoms with Crippen molar-refractivity contribution in [2.24, 2.45) is 0 Å². The van der Waals surface area contributed by atoms with E-state index < -0.39 is 5.54 Å². The Kier molecular flexibility index (Phi) is 4.09. The van der Waals surface area contributed by atoms with Crippen LogP contribution < -0.4 is 5.32 Å². The highest BCUT2D eigenvalue weighted by atomic mass is 15.1. The normalized spacial score (nSPS) is 16.0. The Morgan fingerprint density at radius 1 is 1.55 bits per heavy atom. The van der Waals surface area contributed by atoms with Crippen molar-refractivity contribution in [1.82, 2.24) is 10.2 Å². The van der Waals surface area contributed by atoms with Gasteiger partial charge in [0, 0.05) is 6.54 Å². The van der Waals surface area contributed by atoms with Crippen LogP contribution in [-0.4, -0.2) is 37.6 Å². The lowest BCUT2D eigenvalue weighted by Crippen LogP contribution is -2.48. The molecule has 0 aliphatic rings. The number of likely N-dealkylation sites (N-methyl/N-ethyl adjacent to an activating group) is 2. The molecule has 1 unspecified atom stereocenters. The van der Waals surface area contributed by atoms with Crippen LogP contribution in [0.2, 0.25) is 0 Å².